The van der Waals surface area contributed by atoms with Crippen LogP contribution in [0.25, 0.3) is 0 Å². The normalized spacial score (nSPS) is 21.1. The summed E-state index contributed by atoms with van der Waals surface area (Å²) in [6, 6.07) is 17.1. The van der Waals surface area contributed by atoms with E-state index in [4.69, 9.17) is 16.3 Å². The molecule has 5 nitrogen and oxygen atoms in total. The number of hydrogen-bond acceptors (Lipinski definition) is 4. The van der Waals surface area contributed by atoms with Crippen molar-refractivity contribution in [3.05, 3.63) is 70.2 Å². The minimum absolute atomic E-state index is 0.0717. The lowest BCUT2D eigenvalue weighted by molar-refractivity contribution is -0.179. The lowest BCUT2D eigenvalue weighted by Crippen LogP contribution is -2.76. The average Bonchev–Trinajstić information content (AvgIpc) is 2.79. The van der Waals surface area contributed by atoms with Gasteiger partial charge < -0.3 is 9.84 Å². The first-order valence-corrected chi connectivity index (χ1v) is 13.2. The van der Waals surface area contributed by atoms with Crippen molar-refractivity contribution < 1.29 is 14.6 Å². The Balaban J connectivity index is 2.02. The molecular weight excluding hydrogens is 472 g/mol. The summed E-state index contributed by atoms with van der Waals surface area (Å²) in [6.45, 7) is 20.9. The van der Waals surface area contributed by atoms with Crippen LogP contribution in [0.2, 0.25) is 5.02 Å². The highest BCUT2D eigenvalue weighted by molar-refractivity contribution is 6.31. The molecule has 1 heterocycles. The molecule has 1 fully saturated rings. The molecule has 6 heteroatoms. The first kappa shape index (κ1) is 28.6. The smallest absolute Gasteiger partial charge is 0.332 e. The summed E-state index contributed by atoms with van der Waals surface area (Å²) in [4.78, 5) is 16.6. The van der Waals surface area contributed by atoms with E-state index >= 15 is 0 Å². The van der Waals surface area contributed by atoms with Crippen molar-refractivity contribution in [3.8, 4) is 0 Å². The minimum atomic E-state index is -0.939. The van der Waals surface area contributed by atoms with E-state index in [1.807, 2.05) is 13.0 Å². The van der Waals surface area contributed by atoms with Gasteiger partial charge in [0.2, 0.25) is 0 Å². The molecule has 0 radical (unpaired) electrons. The Hall–Kier alpha value is -1.92. The molecule has 1 aliphatic heterocycles. The van der Waals surface area contributed by atoms with Gasteiger partial charge in [-0.25, -0.2) is 4.79 Å². The molecular formula is C30H43ClN2O3. The van der Waals surface area contributed by atoms with Gasteiger partial charge in [0.15, 0.2) is 6.10 Å². The predicted octanol–water partition coefficient (Wildman–Crippen LogP) is 6.57. The number of nitrogens with zero attached hydrogens (tertiary/aromatic N) is 2. The van der Waals surface area contributed by atoms with Gasteiger partial charge in [0, 0.05) is 34.7 Å². The van der Waals surface area contributed by atoms with Gasteiger partial charge in [-0.3, -0.25) is 9.80 Å². The van der Waals surface area contributed by atoms with Crippen molar-refractivity contribution in [2.75, 3.05) is 13.1 Å². The number of carboxylic acids is 1. The fraction of sp³-hybridized carbons (Fsp3) is 0.567. The van der Waals surface area contributed by atoms with Crippen LogP contribution < -0.4 is 0 Å². The van der Waals surface area contributed by atoms with Crippen LogP contribution in [0, 0.1) is 6.92 Å². The lowest BCUT2D eigenvalue weighted by atomic mass is 9.72. The maximum absolute atomic E-state index is 11.4. The van der Waals surface area contributed by atoms with E-state index in [9.17, 15) is 9.90 Å². The maximum atomic E-state index is 11.4. The van der Waals surface area contributed by atoms with E-state index in [1.165, 1.54) is 11.1 Å². The molecule has 36 heavy (non-hydrogen) atoms. The molecule has 3 rings (SSSR count). The molecule has 1 aliphatic rings. The van der Waals surface area contributed by atoms with E-state index in [0.29, 0.717) is 0 Å². The van der Waals surface area contributed by atoms with Crippen LogP contribution in [-0.4, -0.2) is 62.8 Å². The monoisotopic (exact) mass is 514 g/mol. The van der Waals surface area contributed by atoms with Crippen molar-refractivity contribution in [1.29, 1.82) is 0 Å². The Kier molecular flexibility index (Phi) is 8.31. The second kappa shape index (κ2) is 10.4. The predicted molar refractivity (Wildman–Crippen MR) is 148 cm³/mol. The van der Waals surface area contributed by atoms with Crippen LogP contribution in [0.4, 0.5) is 0 Å². The lowest BCUT2D eigenvalue weighted by Gasteiger charge is -2.65. The summed E-state index contributed by atoms with van der Waals surface area (Å²) in [5.74, 6) is -0.939. The largest absolute Gasteiger partial charge is 0.479 e. The second-order valence-corrected chi connectivity index (χ2v) is 12.1. The van der Waals surface area contributed by atoms with Gasteiger partial charge in [0.25, 0.3) is 0 Å². The van der Waals surface area contributed by atoms with E-state index < -0.39 is 12.1 Å². The van der Waals surface area contributed by atoms with Crippen LogP contribution in [-0.2, 0) is 9.53 Å². The average molecular weight is 515 g/mol. The van der Waals surface area contributed by atoms with Crippen molar-refractivity contribution in [1.82, 2.24) is 9.80 Å². The summed E-state index contributed by atoms with van der Waals surface area (Å²) in [5, 5.41) is 10.2. The number of carbonyl (C=O) groups is 1. The fourth-order valence-electron chi connectivity index (χ4n) is 5.68. The van der Waals surface area contributed by atoms with Crippen molar-refractivity contribution in [2.24, 2.45) is 0 Å². The van der Waals surface area contributed by atoms with Gasteiger partial charge in [-0.1, -0.05) is 54.1 Å². The molecule has 0 amide bonds. The third kappa shape index (κ3) is 5.22. The molecule has 1 N–H and O–H groups in total. The Bertz CT molecular complexity index is 1070. The van der Waals surface area contributed by atoms with Crippen LogP contribution in [0.1, 0.15) is 78.1 Å². The van der Waals surface area contributed by atoms with Gasteiger partial charge in [-0.15, -0.1) is 0 Å². The van der Waals surface area contributed by atoms with Gasteiger partial charge in [0.1, 0.15) is 0 Å². The number of benzene rings is 2. The summed E-state index contributed by atoms with van der Waals surface area (Å²) in [5.41, 5.74) is 2.68. The molecule has 0 bridgehead atoms. The van der Waals surface area contributed by atoms with Gasteiger partial charge in [0.05, 0.1) is 12.1 Å². The molecule has 0 spiro atoms. The standard InChI is InChI=1S/C30H43ClN2O3/c1-20-19-24(15-16-25(20)31)26(23-13-11-10-12-14-23)32-17-18-33(30(8,9)29(32,6)7)28(4,5)22(3)36-21(2)27(34)35/h10-16,19,21-22,26H,17-18H2,1-9H3,(H,34,35)/t21?,22?,26-/m1/s1. The highest BCUT2D eigenvalue weighted by Gasteiger charge is 2.55. The quantitative estimate of drug-likeness (QED) is 0.431. The van der Waals surface area contributed by atoms with Gasteiger partial charge in [-0.05, 0) is 85.1 Å². The number of ether oxygens (including phenoxy) is 1. The Morgan fingerprint density at radius 2 is 1.61 bits per heavy atom. The third-order valence-electron chi connectivity index (χ3n) is 8.83. The SMILES string of the molecule is Cc1cc([C@@H](c2ccccc2)N2CCN(C(C)(C)C(C)OC(C)C(=O)O)C(C)(C)C2(C)C)ccc1Cl. The number of rotatable bonds is 8. The zero-order chi connectivity index (χ0) is 27.1. The molecule has 2 aromatic carbocycles. The fourth-order valence-corrected chi connectivity index (χ4v) is 5.80. The Morgan fingerprint density at radius 3 is 2.17 bits per heavy atom. The summed E-state index contributed by atoms with van der Waals surface area (Å²) < 4.78 is 5.96. The van der Waals surface area contributed by atoms with Crippen molar-refractivity contribution in [2.45, 2.75) is 97.2 Å². The van der Waals surface area contributed by atoms with Crippen molar-refractivity contribution in [3.63, 3.8) is 0 Å². The molecule has 198 valence electrons. The van der Waals surface area contributed by atoms with E-state index in [2.05, 4.69) is 101 Å². The van der Waals surface area contributed by atoms with Gasteiger partial charge >= 0.3 is 5.97 Å². The number of halogens is 1. The van der Waals surface area contributed by atoms with Crippen LogP contribution in [0.5, 0.6) is 0 Å². The topological polar surface area (TPSA) is 53.0 Å². The highest BCUT2D eigenvalue weighted by Crippen LogP contribution is 2.47. The molecule has 0 saturated carbocycles. The summed E-state index contributed by atoms with van der Waals surface area (Å²) in [6.07, 6.45) is -1.12. The summed E-state index contributed by atoms with van der Waals surface area (Å²) >= 11 is 6.40. The molecule has 2 aromatic rings. The van der Waals surface area contributed by atoms with E-state index in [0.717, 1.165) is 23.7 Å². The van der Waals surface area contributed by atoms with Crippen LogP contribution in [0.3, 0.4) is 0 Å². The maximum Gasteiger partial charge on any atom is 0.332 e. The number of aliphatic carboxylic acids is 1. The molecule has 2 unspecified atom stereocenters. The number of hydrogen-bond donors (Lipinski definition) is 1. The highest BCUT2D eigenvalue weighted by atomic mass is 35.5. The first-order valence-electron chi connectivity index (χ1n) is 12.9. The first-order chi connectivity index (χ1) is 16.6. The van der Waals surface area contributed by atoms with Crippen molar-refractivity contribution >= 4 is 17.6 Å². The number of aryl methyl sites for hydroxylation is 1. The summed E-state index contributed by atoms with van der Waals surface area (Å²) in [7, 11) is 0. The minimum Gasteiger partial charge on any atom is -0.479 e. The van der Waals surface area contributed by atoms with Crippen LogP contribution in [0.15, 0.2) is 48.5 Å². The number of carboxylic acid groups (broad SMARTS) is 1. The third-order valence-corrected chi connectivity index (χ3v) is 9.25. The zero-order valence-electron chi connectivity index (χ0n) is 23.3. The van der Waals surface area contributed by atoms with Crippen LogP contribution >= 0.6 is 11.6 Å². The molecule has 0 aromatic heterocycles. The molecule has 3 atom stereocenters. The van der Waals surface area contributed by atoms with E-state index in [-0.39, 0.29) is 28.8 Å². The molecule has 0 aliphatic carbocycles. The zero-order valence-corrected chi connectivity index (χ0v) is 24.1. The second-order valence-electron chi connectivity index (χ2n) is 11.7. The van der Waals surface area contributed by atoms with Gasteiger partial charge in [-0.2, -0.15) is 0 Å². The molecule has 1 saturated heterocycles. The van der Waals surface area contributed by atoms with E-state index in [1.54, 1.807) is 6.92 Å². The number of piperazine rings is 1. The Labute approximate surface area is 222 Å². The Morgan fingerprint density at radius 1 is 1.00 bits per heavy atom.